The Hall–Kier alpha value is -1.04. The molecule has 0 saturated carbocycles. The summed E-state index contributed by atoms with van der Waals surface area (Å²) in [4.78, 5) is 15.7. The standard InChI is InChI=1S/C16H17NOS3/c1-5-12(18)17-11-8-9(2)6-7-10(11)13-14(16(17,3)4)20-21-15(13)19/h6-8H,5H2,1-4H3. The smallest absolute Gasteiger partial charge is 0.227 e. The lowest BCUT2D eigenvalue weighted by Gasteiger charge is -2.43. The molecule has 0 spiro atoms. The number of anilines is 1. The Bertz CT molecular complexity index is 785. The van der Waals surface area contributed by atoms with Gasteiger partial charge in [0.05, 0.1) is 16.1 Å². The van der Waals surface area contributed by atoms with Crippen molar-refractivity contribution in [2.75, 3.05) is 4.90 Å². The van der Waals surface area contributed by atoms with Crippen LogP contribution in [0.25, 0.3) is 11.1 Å². The molecule has 1 aliphatic rings. The molecule has 1 amide bonds. The van der Waals surface area contributed by atoms with Gasteiger partial charge in [-0.15, -0.1) is 0 Å². The van der Waals surface area contributed by atoms with Crippen molar-refractivity contribution < 1.29 is 4.79 Å². The van der Waals surface area contributed by atoms with Crippen molar-refractivity contribution in [1.29, 1.82) is 0 Å². The maximum atomic E-state index is 12.6. The zero-order valence-corrected chi connectivity index (χ0v) is 15.0. The van der Waals surface area contributed by atoms with Gasteiger partial charge in [0.15, 0.2) is 0 Å². The van der Waals surface area contributed by atoms with E-state index in [1.807, 2.05) is 11.8 Å². The van der Waals surface area contributed by atoms with Crippen LogP contribution in [0.2, 0.25) is 0 Å². The van der Waals surface area contributed by atoms with Crippen molar-refractivity contribution in [3.8, 4) is 11.1 Å². The van der Waals surface area contributed by atoms with Gasteiger partial charge in [0.25, 0.3) is 0 Å². The highest BCUT2D eigenvalue weighted by atomic mass is 32.9. The summed E-state index contributed by atoms with van der Waals surface area (Å²) in [5, 5.41) is 0. The van der Waals surface area contributed by atoms with E-state index in [1.165, 1.54) is 4.88 Å². The molecule has 0 radical (unpaired) electrons. The van der Waals surface area contributed by atoms with Gasteiger partial charge < -0.3 is 4.90 Å². The van der Waals surface area contributed by atoms with Crippen molar-refractivity contribution in [1.82, 2.24) is 0 Å². The molecule has 1 aromatic carbocycles. The van der Waals surface area contributed by atoms with Gasteiger partial charge >= 0.3 is 0 Å². The highest BCUT2D eigenvalue weighted by Crippen LogP contribution is 2.52. The van der Waals surface area contributed by atoms with Crippen molar-refractivity contribution in [2.45, 2.75) is 39.7 Å². The van der Waals surface area contributed by atoms with Crippen LogP contribution in [0.4, 0.5) is 5.69 Å². The van der Waals surface area contributed by atoms with Gasteiger partial charge in [0, 0.05) is 17.5 Å². The fourth-order valence-electron chi connectivity index (χ4n) is 2.94. The minimum Gasteiger partial charge on any atom is -0.301 e. The van der Waals surface area contributed by atoms with Crippen molar-refractivity contribution in [2.24, 2.45) is 0 Å². The topological polar surface area (TPSA) is 20.3 Å². The number of amides is 1. The zero-order chi connectivity index (χ0) is 15.4. The molecule has 0 N–H and O–H groups in total. The molecular weight excluding hydrogens is 318 g/mol. The van der Waals surface area contributed by atoms with Crippen LogP contribution < -0.4 is 4.90 Å². The van der Waals surface area contributed by atoms with Gasteiger partial charge in [-0.1, -0.05) is 52.0 Å². The minimum atomic E-state index is -0.346. The summed E-state index contributed by atoms with van der Waals surface area (Å²) in [5.74, 6) is 0.154. The Balaban J connectivity index is 2.39. The second-order valence-electron chi connectivity index (χ2n) is 5.82. The molecule has 1 aliphatic heterocycles. The van der Waals surface area contributed by atoms with Crippen LogP contribution >= 0.6 is 32.9 Å². The summed E-state index contributed by atoms with van der Waals surface area (Å²) in [6.07, 6.45) is 0.502. The van der Waals surface area contributed by atoms with E-state index in [0.29, 0.717) is 6.42 Å². The number of fused-ring (bicyclic) bond motifs is 3. The summed E-state index contributed by atoms with van der Waals surface area (Å²) in [6, 6.07) is 6.29. The van der Waals surface area contributed by atoms with E-state index in [9.17, 15) is 4.79 Å². The Kier molecular flexibility index (Phi) is 3.55. The molecule has 2 heterocycles. The fraction of sp³-hybridized carbons (Fsp3) is 0.375. The van der Waals surface area contributed by atoms with Crippen LogP contribution in [0.1, 0.15) is 37.6 Å². The third-order valence-corrected chi connectivity index (χ3v) is 7.29. The lowest BCUT2D eigenvalue weighted by Crippen LogP contribution is -2.47. The Morgan fingerprint density at radius 3 is 2.71 bits per heavy atom. The summed E-state index contributed by atoms with van der Waals surface area (Å²) in [5.41, 5.74) is 4.06. The number of hydrogen-bond acceptors (Lipinski definition) is 4. The average molecular weight is 336 g/mol. The lowest BCUT2D eigenvalue weighted by molar-refractivity contribution is -0.119. The maximum Gasteiger partial charge on any atom is 0.227 e. The number of hydrogen-bond donors (Lipinski definition) is 0. The van der Waals surface area contributed by atoms with E-state index in [0.717, 1.165) is 26.2 Å². The molecule has 0 saturated heterocycles. The average Bonchev–Trinajstić information content (AvgIpc) is 2.81. The minimum absolute atomic E-state index is 0.154. The number of carbonyl (C=O) groups is 1. The fourth-order valence-corrected chi connectivity index (χ4v) is 6.22. The largest absolute Gasteiger partial charge is 0.301 e. The highest BCUT2D eigenvalue weighted by molar-refractivity contribution is 7.80. The summed E-state index contributed by atoms with van der Waals surface area (Å²) in [6.45, 7) is 8.20. The van der Waals surface area contributed by atoms with Crippen LogP contribution in [-0.2, 0) is 10.3 Å². The van der Waals surface area contributed by atoms with Crippen LogP contribution in [0.5, 0.6) is 0 Å². The molecule has 2 aromatic rings. The van der Waals surface area contributed by atoms with Crippen LogP contribution in [0, 0.1) is 10.7 Å². The summed E-state index contributed by atoms with van der Waals surface area (Å²) < 4.78 is 0.928. The molecule has 1 aromatic heterocycles. The number of aryl methyl sites for hydroxylation is 1. The summed E-state index contributed by atoms with van der Waals surface area (Å²) in [7, 11) is 3.33. The molecule has 3 rings (SSSR count). The van der Waals surface area contributed by atoms with Gasteiger partial charge in [0.1, 0.15) is 3.82 Å². The van der Waals surface area contributed by atoms with E-state index in [-0.39, 0.29) is 11.4 Å². The first-order valence-corrected chi connectivity index (χ1v) is 9.51. The Labute approximate surface area is 137 Å². The van der Waals surface area contributed by atoms with E-state index >= 15 is 0 Å². The van der Waals surface area contributed by atoms with Crippen molar-refractivity contribution in [3.63, 3.8) is 0 Å². The molecular formula is C16H17NOS3. The number of carbonyl (C=O) groups excluding carboxylic acids is 1. The highest BCUT2D eigenvalue weighted by Gasteiger charge is 2.42. The maximum absolute atomic E-state index is 12.6. The first kappa shape index (κ1) is 14.9. The number of benzene rings is 1. The number of rotatable bonds is 1. The van der Waals surface area contributed by atoms with Gasteiger partial charge in [0.2, 0.25) is 5.91 Å². The Morgan fingerprint density at radius 2 is 2.05 bits per heavy atom. The molecule has 21 heavy (non-hydrogen) atoms. The predicted octanol–water partition coefficient (Wildman–Crippen LogP) is 5.51. The van der Waals surface area contributed by atoms with Gasteiger partial charge in [-0.25, -0.2) is 0 Å². The molecule has 0 bridgehead atoms. The third-order valence-electron chi connectivity index (χ3n) is 3.96. The van der Waals surface area contributed by atoms with E-state index in [4.69, 9.17) is 12.2 Å². The van der Waals surface area contributed by atoms with Crippen LogP contribution in [0.15, 0.2) is 18.2 Å². The monoisotopic (exact) mass is 335 g/mol. The summed E-state index contributed by atoms with van der Waals surface area (Å²) >= 11 is 5.54. The Morgan fingerprint density at radius 1 is 1.33 bits per heavy atom. The quantitative estimate of drug-likeness (QED) is 0.506. The van der Waals surface area contributed by atoms with Crippen LogP contribution in [0.3, 0.4) is 0 Å². The molecule has 0 atom stereocenters. The van der Waals surface area contributed by atoms with E-state index in [2.05, 4.69) is 39.0 Å². The van der Waals surface area contributed by atoms with Gasteiger partial charge in [-0.3, -0.25) is 4.79 Å². The van der Waals surface area contributed by atoms with E-state index < -0.39 is 0 Å². The second kappa shape index (κ2) is 5.00. The SMILES string of the molecule is CCC(=O)N1c2cc(C)ccc2-c2c(ssc2=S)C1(C)C. The molecule has 0 unspecified atom stereocenters. The van der Waals surface area contributed by atoms with Crippen LogP contribution in [-0.4, -0.2) is 5.91 Å². The number of nitrogens with zero attached hydrogens (tertiary/aromatic N) is 1. The van der Waals surface area contributed by atoms with Crippen molar-refractivity contribution in [3.05, 3.63) is 32.5 Å². The molecule has 0 fully saturated rings. The van der Waals surface area contributed by atoms with E-state index in [1.54, 1.807) is 20.7 Å². The molecule has 2 nitrogen and oxygen atoms in total. The third kappa shape index (κ3) is 2.10. The molecule has 0 aliphatic carbocycles. The lowest BCUT2D eigenvalue weighted by atomic mass is 9.86. The normalized spacial score (nSPS) is 15.5. The van der Waals surface area contributed by atoms with Gasteiger partial charge in [-0.2, -0.15) is 0 Å². The molecule has 110 valence electrons. The predicted molar refractivity (Wildman–Crippen MR) is 94.0 cm³/mol. The second-order valence-corrected chi connectivity index (χ2v) is 8.64. The van der Waals surface area contributed by atoms with Gasteiger partial charge in [-0.05, 0) is 32.4 Å². The zero-order valence-electron chi connectivity index (χ0n) is 12.5. The first-order chi connectivity index (χ1) is 9.87. The van der Waals surface area contributed by atoms with Crippen molar-refractivity contribution >= 4 is 44.5 Å². The first-order valence-electron chi connectivity index (χ1n) is 6.95. The molecule has 5 heteroatoms.